The number of amides is 1. The topological polar surface area (TPSA) is 81.2 Å². The van der Waals surface area contributed by atoms with E-state index in [9.17, 15) is 9.59 Å². The van der Waals surface area contributed by atoms with Crippen LogP contribution >= 0.6 is 0 Å². The van der Waals surface area contributed by atoms with Crippen LogP contribution in [0.5, 0.6) is 0 Å². The number of aromatic nitrogens is 3. The molecule has 3 aromatic rings. The molecule has 0 atom stereocenters. The molecule has 3 aromatic heterocycles. The first-order valence-corrected chi connectivity index (χ1v) is 11.1. The lowest BCUT2D eigenvalue weighted by molar-refractivity contribution is -0.132. The van der Waals surface area contributed by atoms with Gasteiger partial charge in [0.1, 0.15) is 12.1 Å². The average Bonchev–Trinajstić information content (AvgIpc) is 3.35. The first kappa shape index (κ1) is 19.3. The summed E-state index contributed by atoms with van der Waals surface area (Å²) in [6.45, 7) is 5.91. The van der Waals surface area contributed by atoms with Gasteiger partial charge in [0.25, 0.3) is 5.56 Å². The molecule has 1 fully saturated rings. The van der Waals surface area contributed by atoms with Crippen molar-refractivity contribution in [1.29, 1.82) is 0 Å². The summed E-state index contributed by atoms with van der Waals surface area (Å²) in [6.07, 6.45) is 8.68. The number of carbonyl (C=O) groups excluding carboxylic acids is 1. The van der Waals surface area contributed by atoms with Gasteiger partial charge in [-0.25, -0.2) is 9.97 Å². The van der Waals surface area contributed by atoms with E-state index in [1.54, 1.807) is 0 Å². The van der Waals surface area contributed by atoms with Crippen LogP contribution in [0.25, 0.3) is 22.2 Å². The first-order chi connectivity index (χ1) is 14.5. The van der Waals surface area contributed by atoms with Gasteiger partial charge in [-0.2, -0.15) is 0 Å². The summed E-state index contributed by atoms with van der Waals surface area (Å²) >= 11 is 0. The number of pyridine rings is 1. The Kier molecular flexibility index (Phi) is 4.83. The number of piperidine rings is 1. The Hall–Kier alpha value is -2.70. The van der Waals surface area contributed by atoms with Crippen LogP contribution in [-0.2, 0) is 30.6 Å². The number of nitrogens with zero attached hydrogens (tertiary/aromatic N) is 4. The Morgan fingerprint density at radius 3 is 2.67 bits per heavy atom. The third-order valence-electron chi connectivity index (χ3n) is 6.37. The maximum absolute atomic E-state index is 13.1. The average molecular weight is 409 g/mol. The lowest BCUT2D eigenvalue weighted by atomic mass is 9.99. The largest absolute Gasteiger partial charge is 0.430 e. The van der Waals surface area contributed by atoms with Gasteiger partial charge in [0.2, 0.25) is 17.2 Å². The highest BCUT2D eigenvalue weighted by Crippen LogP contribution is 2.36. The molecule has 2 aliphatic rings. The van der Waals surface area contributed by atoms with Gasteiger partial charge in [-0.3, -0.25) is 14.2 Å². The molecule has 7 nitrogen and oxygen atoms in total. The van der Waals surface area contributed by atoms with Crippen LogP contribution in [0.4, 0.5) is 0 Å². The minimum atomic E-state index is -0.305. The van der Waals surface area contributed by atoms with Crippen LogP contribution in [0.3, 0.4) is 0 Å². The molecule has 5 rings (SSSR count). The Morgan fingerprint density at radius 2 is 1.90 bits per heavy atom. The highest BCUT2D eigenvalue weighted by atomic mass is 16.3. The number of hydrogen-bond donors (Lipinski definition) is 0. The van der Waals surface area contributed by atoms with Gasteiger partial charge < -0.3 is 9.32 Å². The van der Waals surface area contributed by atoms with Crippen molar-refractivity contribution in [1.82, 2.24) is 19.4 Å². The SMILES string of the molecule is CC(C)Cc1nc2oc3c(=O)n(CC(=O)N4CCCCC4)cnc3c2c2c1CCC2. The van der Waals surface area contributed by atoms with Crippen LogP contribution in [-0.4, -0.2) is 38.4 Å². The Labute approximate surface area is 175 Å². The van der Waals surface area contributed by atoms with E-state index in [1.165, 1.54) is 22.0 Å². The zero-order valence-corrected chi connectivity index (χ0v) is 17.7. The second-order valence-corrected chi connectivity index (χ2v) is 9.05. The summed E-state index contributed by atoms with van der Waals surface area (Å²) in [6, 6.07) is 0. The monoisotopic (exact) mass is 408 g/mol. The third kappa shape index (κ3) is 3.20. The molecule has 0 N–H and O–H groups in total. The van der Waals surface area contributed by atoms with E-state index in [0.717, 1.165) is 69.1 Å². The minimum Gasteiger partial charge on any atom is -0.430 e. The van der Waals surface area contributed by atoms with Crippen LogP contribution < -0.4 is 5.56 Å². The number of hydrogen-bond acceptors (Lipinski definition) is 5. The van der Waals surface area contributed by atoms with Crippen molar-refractivity contribution < 1.29 is 9.21 Å². The van der Waals surface area contributed by atoms with E-state index in [4.69, 9.17) is 9.40 Å². The first-order valence-electron chi connectivity index (χ1n) is 11.1. The molecule has 0 unspecified atom stereocenters. The zero-order valence-electron chi connectivity index (χ0n) is 17.7. The normalized spacial score (nSPS) is 16.7. The molecule has 0 bridgehead atoms. The molecule has 0 saturated carbocycles. The van der Waals surface area contributed by atoms with Crippen LogP contribution in [0.1, 0.15) is 56.4 Å². The lowest BCUT2D eigenvalue weighted by Crippen LogP contribution is -2.39. The van der Waals surface area contributed by atoms with Crippen molar-refractivity contribution in [2.45, 2.75) is 65.3 Å². The molecule has 0 radical (unpaired) electrons. The summed E-state index contributed by atoms with van der Waals surface area (Å²) < 4.78 is 7.34. The molecule has 30 heavy (non-hydrogen) atoms. The second-order valence-electron chi connectivity index (χ2n) is 9.05. The number of carbonyl (C=O) groups is 1. The van der Waals surface area contributed by atoms with E-state index < -0.39 is 0 Å². The molecule has 0 aromatic carbocycles. The molecule has 158 valence electrons. The predicted molar refractivity (Wildman–Crippen MR) is 115 cm³/mol. The van der Waals surface area contributed by atoms with E-state index in [2.05, 4.69) is 18.8 Å². The summed E-state index contributed by atoms with van der Waals surface area (Å²) in [5, 5.41) is 0.886. The summed E-state index contributed by atoms with van der Waals surface area (Å²) in [4.78, 5) is 36.9. The van der Waals surface area contributed by atoms with Gasteiger partial charge in [-0.05, 0) is 62.0 Å². The third-order valence-corrected chi connectivity index (χ3v) is 6.37. The van der Waals surface area contributed by atoms with E-state index >= 15 is 0 Å². The van der Waals surface area contributed by atoms with Crippen molar-refractivity contribution in [3.8, 4) is 0 Å². The van der Waals surface area contributed by atoms with Crippen molar-refractivity contribution in [3.63, 3.8) is 0 Å². The highest BCUT2D eigenvalue weighted by molar-refractivity contribution is 6.03. The maximum atomic E-state index is 13.1. The second kappa shape index (κ2) is 7.52. The van der Waals surface area contributed by atoms with Gasteiger partial charge in [0, 0.05) is 18.8 Å². The van der Waals surface area contributed by atoms with Crippen molar-refractivity contribution in [2.24, 2.45) is 5.92 Å². The smallest absolute Gasteiger partial charge is 0.297 e. The molecular weight excluding hydrogens is 380 g/mol. The van der Waals surface area contributed by atoms with Gasteiger partial charge >= 0.3 is 0 Å². The Bertz CT molecular complexity index is 1180. The number of furan rings is 1. The molecule has 0 spiro atoms. The van der Waals surface area contributed by atoms with Crippen LogP contribution in [0.15, 0.2) is 15.5 Å². The fraction of sp³-hybridized carbons (Fsp3) is 0.565. The van der Waals surface area contributed by atoms with Crippen molar-refractivity contribution in [2.75, 3.05) is 13.1 Å². The molecule has 4 heterocycles. The maximum Gasteiger partial charge on any atom is 0.297 e. The zero-order chi connectivity index (χ0) is 20.8. The minimum absolute atomic E-state index is 0.00293. The van der Waals surface area contributed by atoms with E-state index in [0.29, 0.717) is 17.1 Å². The molecule has 1 amide bonds. The van der Waals surface area contributed by atoms with E-state index in [1.807, 2.05) is 4.90 Å². The number of fused-ring (bicyclic) bond motifs is 5. The summed E-state index contributed by atoms with van der Waals surface area (Å²) in [7, 11) is 0. The number of rotatable bonds is 4. The Balaban J connectivity index is 1.58. The molecule has 7 heteroatoms. The fourth-order valence-corrected chi connectivity index (χ4v) is 4.93. The quantitative estimate of drug-likeness (QED) is 0.662. The molecule has 1 aliphatic heterocycles. The summed E-state index contributed by atoms with van der Waals surface area (Å²) in [5.74, 6) is 0.465. The van der Waals surface area contributed by atoms with Gasteiger partial charge in [-0.15, -0.1) is 0 Å². The van der Waals surface area contributed by atoms with Crippen molar-refractivity contribution >= 4 is 28.1 Å². The van der Waals surface area contributed by atoms with Gasteiger partial charge in [0.15, 0.2) is 0 Å². The lowest BCUT2D eigenvalue weighted by Gasteiger charge is -2.26. The van der Waals surface area contributed by atoms with E-state index in [-0.39, 0.29) is 23.6 Å². The Morgan fingerprint density at radius 1 is 1.13 bits per heavy atom. The molecular formula is C23H28N4O3. The van der Waals surface area contributed by atoms with Gasteiger partial charge in [-0.1, -0.05) is 13.8 Å². The fourth-order valence-electron chi connectivity index (χ4n) is 4.93. The number of likely N-dealkylation sites (tertiary alicyclic amines) is 1. The van der Waals surface area contributed by atoms with Gasteiger partial charge in [0.05, 0.1) is 11.7 Å². The molecule has 1 aliphatic carbocycles. The van der Waals surface area contributed by atoms with Crippen LogP contribution in [0, 0.1) is 5.92 Å². The highest BCUT2D eigenvalue weighted by Gasteiger charge is 2.26. The summed E-state index contributed by atoms with van der Waals surface area (Å²) in [5.41, 5.74) is 4.63. The predicted octanol–water partition coefficient (Wildman–Crippen LogP) is 3.24. The standard InChI is InChI=1S/C23H28N4O3/c1-14(2)11-17-15-7-6-8-16(15)19-20-21(30-22(19)25-17)23(29)27(13-24-20)12-18(28)26-9-4-3-5-10-26/h13-14H,3-12H2,1-2H3. The van der Waals surface area contributed by atoms with Crippen molar-refractivity contribution in [3.05, 3.63) is 33.5 Å². The molecule has 1 saturated heterocycles. The number of aryl methyl sites for hydroxylation is 1. The van der Waals surface area contributed by atoms with Crippen LogP contribution in [0.2, 0.25) is 0 Å².